The predicted octanol–water partition coefficient (Wildman–Crippen LogP) is 5.21. The number of thiazole rings is 1. The van der Waals surface area contributed by atoms with Gasteiger partial charge in [-0.3, -0.25) is 4.79 Å². The second-order valence-electron chi connectivity index (χ2n) is 6.82. The number of hydrogen-bond acceptors (Lipinski definition) is 7. The summed E-state index contributed by atoms with van der Waals surface area (Å²) in [6.07, 6.45) is 0.492. The quantitative estimate of drug-likeness (QED) is 0.373. The Morgan fingerprint density at radius 1 is 1.00 bits per heavy atom. The smallest absolute Gasteiger partial charge is 0.357 e. The molecule has 2 aromatic carbocycles. The lowest BCUT2D eigenvalue weighted by Crippen LogP contribution is -2.13. The molecule has 1 N–H and O–H groups in total. The van der Waals surface area contributed by atoms with E-state index in [9.17, 15) is 9.59 Å². The summed E-state index contributed by atoms with van der Waals surface area (Å²) in [7, 11) is 0. The van der Waals surface area contributed by atoms with E-state index in [1.54, 1.807) is 12.3 Å². The highest BCUT2D eigenvalue weighted by molar-refractivity contribution is 7.14. The number of hydrogen-bond donors (Lipinski definition) is 1. The van der Waals surface area contributed by atoms with Crippen LogP contribution in [0.25, 0.3) is 22.6 Å². The van der Waals surface area contributed by atoms with Gasteiger partial charge in [0.1, 0.15) is 5.69 Å². The van der Waals surface area contributed by atoms with Crippen LogP contribution in [0.5, 0.6) is 0 Å². The normalized spacial score (nSPS) is 10.7. The Hall–Kier alpha value is -3.78. The monoisotopic (exact) mass is 447 g/mol. The third kappa shape index (κ3) is 5.09. The number of rotatable bonds is 8. The Morgan fingerprint density at radius 2 is 1.69 bits per heavy atom. The fraction of sp³-hybridized carbons (Fsp3) is 0.167. The highest BCUT2D eigenvalue weighted by Crippen LogP contribution is 2.32. The van der Waals surface area contributed by atoms with Gasteiger partial charge in [0.15, 0.2) is 22.5 Å². The summed E-state index contributed by atoms with van der Waals surface area (Å²) in [5.41, 5.74) is 2.79. The van der Waals surface area contributed by atoms with Crippen molar-refractivity contribution in [3.63, 3.8) is 0 Å². The first-order valence-electron chi connectivity index (χ1n) is 10.2. The van der Waals surface area contributed by atoms with Crippen molar-refractivity contribution in [3.05, 3.63) is 77.6 Å². The Morgan fingerprint density at radius 3 is 2.38 bits per heavy atom. The molecular formula is C24H21N3O4S. The minimum absolute atomic E-state index is 0.164. The van der Waals surface area contributed by atoms with Gasteiger partial charge in [-0.2, -0.15) is 0 Å². The number of ether oxygens (including phenoxy) is 1. The van der Waals surface area contributed by atoms with Gasteiger partial charge in [0.05, 0.1) is 6.61 Å². The lowest BCUT2D eigenvalue weighted by Gasteiger charge is -2.01. The van der Waals surface area contributed by atoms with E-state index in [4.69, 9.17) is 9.15 Å². The van der Waals surface area contributed by atoms with Gasteiger partial charge in [0.2, 0.25) is 5.91 Å². The number of nitrogens with one attached hydrogen (secondary N) is 1. The van der Waals surface area contributed by atoms with E-state index < -0.39 is 5.97 Å². The second kappa shape index (κ2) is 10.0. The standard InChI is InChI=1S/C24H21N3O4S/c1-2-30-23(29)18-15-32-24(25-18)26-19(28)13-14-20-27-21(16-9-5-3-6-10-16)22(31-20)17-11-7-4-8-12-17/h3-12,15H,2,13-14H2,1H3,(H,25,26,28). The van der Waals surface area contributed by atoms with Crippen LogP contribution in [-0.2, 0) is 16.0 Å². The average molecular weight is 448 g/mol. The highest BCUT2D eigenvalue weighted by atomic mass is 32.1. The summed E-state index contributed by atoms with van der Waals surface area (Å²) >= 11 is 1.17. The van der Waals surface area contributed by atoms with Crippen LogP contribution in [0.2, 0.25) is 0 Å². The molecule has 4 aromatic rings. The molecule has 2 aromatic heterocycles. The number of benzene rings is 2. The van der Waals surface area contributed by atoms with E-state index in [0.717, 1.165) is 16.8 Å². The van der Waals surface area contributed by atoms with Crippen molar-refractivity contribution < 1.29 is 18.7 Å². The van der Waals surface area contributed by atoms with Gasteiger partial charge in [0, 0.05) is 29.3 Å². The molecule has 1 amide bonds. The molecule has 0 unspecified atom stereocenters. The summed E-state index contributed by atoms with van der Waals surface area (Å²) < 4.78 is 11.0. The van der Waals surface area contributed by atoms with Crippen LogP contribution >= 0.6 is 11.3 Å². The van der Waals surface area contributed by atoms with Gasteiger partial charge in [-0.1, -0.05) is 60.7 Å². The second-order valence-corrected chi connectivity index (χ2v) is 7.68. The molecule has 0 bridgehead atoms. The molecule has 0 aliphatic heterocycles. The highest BCUT2D eigenvalue weighted by Gasteiger charge is 2.18. The summed E-state index contributed by atoms with van der Waals surface area (Å²) in [6, 6.07) is 19.6. The van der Waals surface area contributed by atoms with E-state index in [1.165, 1.54) is 11.3 Å². The van der Waals surface area contributed by atoms with E-state index in [2.05, 4.69) is 15.3 Å². The summed E-state index contributed by atoms with van der Waals surface area (Å²) in [5.74, 6) is 0.400. The Labute approximate surface area is 189 Å². The van der Waals surface area contributed by atoms with Crippen LogP contribution in [-0.4, -0.2) is 28.5 Å². The van der Waals surface area contributed by atoms with Crippen molar-refractivity contribution in [2.24, 2.45) is 0 Å². The van der Waals surface area contributed by atoms with Crippen LogP contribution in [0.4, 0.5) is 5.13 Å². The van der Waals surface area contributed by atoms with E-state index in [1.807, 2.05) is 60.7 Å². The Kier molecular flexibility index (Phi) is 6.72. The molecule has 0 saturated carbocycles. The maximum atomic E-state index is 12.4. The molecule has 8 heteroatoms. The topological polar surface area (TPSA) is 94.3 Å². The van der Waals surface area contributed by atoms with Crippen molar-refractivity contribution >= 4 is 28.3 Å². The molecule has 7 nitrogen and oxygen atoms in total. The summed E-state index contributed by atoms with van der Waals surface area (Å²) in [4.78, 5) is 32.9. The van der Waals surface area contributed by atoms with E-state index in [-0.39, 0.29) is 24.6 Å². The van der Waals surface area contributed by atoms with Crippen molar-refractivity contribution in [3.8, 4) is 22.6 Å². The maximum absolute atomic E-state index is 12.4. The molecule has 0 saturated heterocycles. The lowest BCUT2D eigenvalue weighted by atomic mass is 10.1. The largest absolute Gasteiger partial charge is 0.461 e. The molecule has 4 rings (SSSR count). The number of amides is 1. The van der Waals surface area contributed by atoms with Gasteiger partial charge in [0.25, 0.3) is 0 Å². The van der Waals surface area contributed by atoms with Gasteiger partial charge in [-0.25, -0.2) is 14.8 Å². The van der Waals surface area contributed by atoms with E-state index in [0.29, 0.717) is 23.2 Å². The minimum atomic E-state index is -0.508. The number of aryl methyl sites for hydroxylation is 1. The van der Waals surface area contributed by atoms with Crippen LogP contribution in [0.15, 0.2) is 70.5 Å². The van der Waals surface area contributed by atoms with Gasteiger partial charge < -0.3 is 14.5 Å². The predicted molar refractivity (Wildman–Crippen MR) is 122 cm³/mol. The number of anilines is 1. The lowest BCUT2D eigenvalue weighted by molar-refractivity contribution is -0.116. The molecule has 0 radical (unpaired) electrons. The van der Waals surface area contributed by atoms with Crippen molar-refractivity contribution in [2.75, 3.05) is 11.9 Å². The van der Waals surface area contributed by atoms with Crippen molar-refractivity contribution in [2.45, 2.75) is 19.8 Å². The molecule has 162 valence electrons. The number of carbonyl (C=O) groups is 2. The number of aromatic nitrogens is 2. The van der Waals surface area contributed by atoms with Crippen LogP contribution < -0.4 is 5.32 Å². The van der Waals surface area contributed by atoms with Crippen LogP contribution in [0.3, 0.4) is 0 Å². The molecule has 0 aliphatic rings. The van der Waals surface area contributed by atoms with Gasteiger partial charge in [-0.15, -0.1) is 11.3 Å². The summed E-state index contributed by atoms with van der Waals surface area (Å²) in [6.45, 7) is 1.99. The fourth-order valence-corrected chi connectivity index (χ4v) is 3.78. The summed E-state index contributed by atoms with van der Waals surface area (Å²) in [5, 5.41) is 4.61. The number of esters is 1. The number of nitrogens with zero attached hydrogens (tertiary/aromatic N) is 2. The number of carbonyl (C=O) groups excluding carboxylic acids is 2. The Balaban J connectivity index is 1.46. The average Bonchev–Trinajstić information content (AvgIpc) is 3.46. The van der Waals surface area contributed by atoms with Crippen molar-refractivity contribution in [1.29, 1.82) is 0 Å². The molecule has 0 spiro atoms. The number of oxazole rings is 1. The fourth-order valence-electron chi connectivity index (χ4n) is 3.08. The maximum Gasteiger partial charge on any atom is 0.357 e. The van der Waals surface area contributed by atoms with Crippen LogP contribution in [0, 0.1) is 0 Å². The molecule has 0 atom stereocenters. The third-order valence-electron chi connectivity index (χ3n) is 4.56. The minimum Gasteiger partial charge on any atom is -0.461 e. The van der Waals surface area contributed by atoms with Gasteiger partial charge in [-0.05, 0) is 6.92 Å². The SMILES string of the molecule is CCOC(=O)c1csc(NC(=O)CCc2nc(-c3ccccc3)c(-c3ccccc3)o2)n1. The first-order chi connectivity index (χ1) is 15.6. The zero-order chi connectivity index (χ0) is 22.3. The molecule has 2 heterocycles. The first-order valence-corrected chi connectivity index (χ1v) is 11.0. The van der Waals surface area contributed by atoms with Crippen LogP contribution in [0.1, 0.15) is 29.7 Å². The van der Waals surface area contributed by atoms with Crippen molar-refractivity contribution in [1.82, 2.24) is 9.97 Å². The molecular weight excluding hydrogens is 426 g/mol. The third-order valence-corrected chi connectivity index (χ3v) is 5.31. The Bertz CT molecular complexity index is 1150. The van der Waals surface area contributed by atoms with E-state index >= 15 is 0 Å². The first kappa shape index (κ1) is 21.5. The zero-order valence-corrected chi connectivity index (χ0v) is 18.2. The molecule has 0 aliphatic carbocycles. The molecule has 0 fully saturated rings. The van der Waals surface area contributed by atoms with Gasteiger partial charge >= 0.3 is 5.97 Å². The molecule has 32 heavy (non-hydrogen) atoms. The zero-order valence-electron chi connectivity index (χ0n) is 17.4.